The summed E-state index contributed by atoms with van der Waals surface area (Å²) in [5.74, 6) is -0.394. The maximum Gasteiger partial charge on any atom is 0.257 e. The molecule has 0 unspecified atom stereocenters. The number of hydrogen-bond acceptors (Lipinski definition) is 5. The van der Waals surface area contributed by atoms with E-state index in [0.717, 1.165) is 0 Å². The van der Waals surface area contributed by atoms with E-state index in [2.05, 4.69) is 5.32 Å². The summed E-state index contributed by atoms with van der Waals surface area (Å²) in [4.78, 5) is 26.9. The highest BCUT2D eigenvalue weighted by Crippen LogP contribution is 2.18. The van der Waals surface area contributed by atoms with Gasteiger partial charge in [-0.3, -0.25) is 9.59 Å². The van der Waals surface area contributed by atoms with Crippen LogP contribution in [0.25, 0.3) is 0 Å². The molecule has 8 nitrogen and oxygen atoms in total. The van der Waals surface area contributed by atoms with E-state index in [0.29, 0.717) is 50.1 Å². The van der Waals surface area contributed by atoms with Crippen LogP contribution in [0.4, 0.5) is 0 Å². The molecule has 0 radical (unpaired) electrons. The van der Waals surface area contributed by atoms with Crippen LogP contribution >= 0.6 is 0 Å². The molecule has 2 heterocycles. The number of hydrogen-bond donors (Lipinski definition) is 1. The molecular weight excluding hydrogens is 406 g/mol. The molecule has 1 aromatic carbocycles. The summed E-state index contributed by atoms with van der Waals surface area (Å²) in [6.07, 6.45) is 4.16. The van der Waals surface area contributed by atoms with E-state index in [1.807, 2.05) is 0 Å². The molecule has 1 aliphatic heterocycles. The van der Waals surface area contributed by atoms with Crippen LogP contribution < -0.4 is 5.32 Å². The molecule has 1 N–H and O–H groups in total. The van der Waals surface area contributed by atoms with E-state index in [1.54, 1.807) is 36.9 Å². The van der Waals surface area contributed by atoms with E-state index >= 15 is 0 Å². The molecule has 1 saturated heterocycles. The zero-order chi connectivity index (χ0) is 21.7. The molecule has 162 valence electrons. The van der Waals surface area contributed by atoms with Crippen molar-refractivity contribution in [3.05, 3.63) is 54.0 Å². The van der Waals surface area contributed by atoms with Gasteiger partial charge in [0.1, 0.15) is 6.26 Å². The van der Waals surface area contributed by atoms with Crippen molar-refractivity contribution < 1.29 is 22.4 Å². The highest BCUT2D eigenvalue weighted by atomic mass is 32.2. The summed E-state index contributed by atoms with van der Waals surface area (Å²) in [5.41, 5.74) is 0.823. The topological polar surface area (TPSA) is 99.9 Å². The zero-order valence-corrected chi connectivity index (χ0v) is 18.0. The second-order valence-electron chi connectivity index (χ2n) is 7.17. The Morgan fingerprint density at radius 2 is 1.83 bits per heavy atom. The van der Waals surface area contributed by atoms with Crippen molar-refractivity contribution >= 4 is 21.8 Å². The number of benzene rings is 1. The number of carbonyl (C=O) groups is 2. The van der Waals surface area contributed by atoms with Crippen LogP contribution in [-0.4, -0.2) is 61.7 Å². The Morgan fingerprint density at radius 1 is 1.13 bits per heavy atom. The molecular formula is C21H27N3O5S. The van der Waals surface area contributed by atoms with Crippen molar-refractivity contribution in [3.8, 4) is 0 Å². The van der Waals surface area contributed by atoms with Crippen LogP contribution in [0.2, 0.25) is 0 Å². The first kappa shape index (κ1) is 22.0. The fourth-order valence-electron chi connectivity index (χ4n) is 3.57. The Kier molecular flexibility index (Phi) is 6.94. The van der Waals surface area contributed by atoms with Crippen LogP contribution in [0.3, 0.4) is 0 Å². The first-order chi connectivity index (χ1) is 14.4. The van der Waals surface area contributed by atoms with Gasteiger partial charge in [-0.15, -0.1) is 0 Å². The Bertz CT molecular complexity index is 976. The lowest BCUT2D eigenvalue weighted by Crippen LogP contribution is -2.46. The van der Waals surface area contributed by atoms with E-state index in [1.165, 1.54) is 29.0 Å². The van der Waals surface area contributed by atoms with Crippen LogP contribution in [0, 0.1) is 0 Å². The molecule has 2 amide bonds. The summed E-state index contributed by atoms with van der Waals surface area (Å²) in [6, 6.07) is 7.67. The minimum atomic E-state index is -3.63. The summed E-state index contributed by atoms with van der Waals surface area (Å²) < 4.78 is 31.7. The predicted molar refractivity (Wildman–Crippen MR) is 112 cm³/mol. The number of furan rings is 1. The Labute approximate surface area is 176 Å². The number of nitrogens with one attached hydrogen (secondary N) is 1. The first-order valence-electron chi connectivity index (χ1n) is 10.1. The molecule has 0 saturated carbocycles. The highest BCUT2D eigenvalue weighted by Gasteiger charge is 2.26. The van der Waals surface area contributed by atoms with E-state index in [9.17, 15) is 18.0 Å². The molecule has 30 heavy (non-hydrogen) atoms. The normalized spacial score (nSPS) is 15.4. The summed E-state index contributed by atoms with van der Waals surface area (Å²) in [5, 5.41) is 2.96. The number of sulfonamides is 1. The summed E-state index contributed by atoms with van der Waals surface area (Å²) >= 11 is 0. The van der Waals surface area contributed by atoms with Gasteiger partial charge in [-0.1, -0.05) is 19.9 Å². The predicted octanol–water partition coefficient (Wildman–Crippen LogP) is 2.34. The van der Waals surface area contributed by atoms with E-state index in [-0.39, 0.29) is 22.8 Å². The van der Waals surface area contributed by atoms with Crippen molar-refractivity contribution in [3.63, 3.8) is 0 Å². The summed E-state index contributed by atoms with van der Waals surface area (Å²) in [6.45, 7) is 5.36. The monoisotopic (exact) mass is 433 g/mol. The number of nitrogens with zero attached hydrogens (tertiary/aromatic N) is 2. The standard InChI is InChI=1S/C21H27N3O5S/c1-3-24(4-2)30(27,28)19-7-5-6-16(14-19)20(25)22-18-8-11-23(12-9-18)21(26)17-10-13-29-15-17/h5-7,10,13-15,18H,3-4,8-9,11-12H2,1-2H3,(H,22,25). The van der Waals surface area contributed by atoms with Crippen LogP contribution in [0.1, 0.15) is 47.4 Å². The van der Waals surface area contributed by atoms with Gasteiger partial charge in [0.2, 0.25) is 10.0 Å². The molecule has 0 bridgehead atoms. The van der Waals surface area contributed by atoms with Gasteiger partial charge in [0, 0.05) is 37.8 Å². The minimum absolute atomic E-state index is 0.0751. The molecule has 1 aliphatic rings. The molecule has 1 fully saturated rings. The molecule has 0 atom stereocenters. The second kappa shape index (κ2) is 9.44. The van der Waals surface area contributed by atoms with E-state index in [4.69, 9.17) is 4.42 Å². The third kappa shape index (κ3) is 4.73. The maximum absolute atomic E-state index is 12.7. The quantitative estimate of drug-likeness (QED) is 0.722. The molecule has 3 rings (SSSR count). The average Bonchev–Trinajstić information content (AvgIpc) is 3.29. The zero-order valence-electron chi connectivity index (χ0n) is 17.2. The van der Waals surface area contributed by atoms with Gasteiger partial charge in [-0.25, -0.2) is 8.42 Å². The number of rotatable bonds is 7. The number of amides is 2. The largest absolute Gasteiger partial charge is 0.472 e. The van der Waals surface area contributed by atoms with E-state index < -0.39 is 10.0 Å². The van der Waals surface area contributed by atoms with Crippen molar-refractivity contribution in [1.29, 1.82) is 0 Å². The number of likely N-dealkylation sites (tertiary alicyclic amines) is 1. The number of carbonyl (C=O) groups excluding carboxylic acids is 2. The fraction of sp³-hybridized carbons (Fsp3) is 0.429. The van der Waals surface area contributed by atoms with Crippen LogP contribution in [-0.2, 0) is 10.0 Å². The van der Waals surface area contributed by atoms with Gasteiger partial charge in [0.25, 0.3) is 11.8 Å². The lowest BCUT2D eigenvalue weighted by Gasteiger charge is -2.32. The highest BCUT2D eigenvalue weighted by molar-refractivity contribution is 7.89. The molecule has 0 aliphatic carbocycles. The van der Waals surface area contributed by atoms with Gasteiger partial charge < -0.3 is 14.6 Å². The Balaban J connectivity index is 1.61. The molecule has 1 aromatic heterocycles. The lowest BCUT2D eigenvalue weighted by molar-refractivity contribution is 0.0697. The fourth-order valence-corrected chi connectivity index (χ4v) is 5.08. The van der Waals surface area contributed by atoms with Gasteiger partial charge in [0.15, 0.2) is 0 Å². The van der Waals surface area contributed by atoms with Gasteiger partial charge in [-0.05, 0) is 37.1 Å². The third-order valence-electron chi connectivity index (χ3n) is 5.32. The first-order valence-corrected chi connectivity index (χ1v) is 11.5. The maximum atomic E-state index is 12.7. The molecule has 9 heteroatoms. The average molecular weight is 434 g/mol. The Hall–Kier alpha value is -2.65. The van der Waals surface area contributed by atoms with Crippen molar-refractivity contribution in [2.75, 3.05) is 26.2 Å². The van der Waals surface area contributed by atoms with Gasteiger partial charge in [0.05, 0.1) is 16.7 Å². The van der Waals surface area contributed by atoms with Gasteiger partial charge in [-0.2, -0.15) is 4.31 Å². The van der Waals surface area contributed by atoms with Crippen molar-refractivity contribution in [2.24, 2.45) is 0 Å². The number of piperidine rings is 1. The van der Waals surface area contributed by atoms with Crippen LogP contribution in [0.15, 0.2) is 52.2 Å². The molecule has 2 aromatic rings. The minimum Gasteiger partial charge on any atom is -0.472 e. The third-order valence-corrected chi connectivity index (χ3v) is 7.37. The van der Waals surface area contributed by atoms with Crippen LogP contribution in [0.5, 0.6) is 0 Å². The smallest absolute Gasteiger partial charge is 0.257 e. The SMILES string of the molecule is CCN(CC)S(=O)(=O)c1cccc(C(=O)NC2CCN(C(=O)c3ccoc3)CC2)c1. The lowest BCUT2D eigenvalue weighted by atomic mass is 10.0. The second-order valence-corrected chi connectivity index (χ2v) is 9.11. The van der Waals surface area contributed by atoms with Gasteiger partial charge >= 0.3 is 0 Å². The van der Waals surface area contributed by atoms with Crippen molar-refractivity contribution in [1.82, 2.24) is 14.5 Å². The summed E-state index contributed by atoms with van der Waals surface area (Å²) in [7, 11) is -3.63. The Morgan fingerprint density at radius 3 is 2.43 bits per heavy atom. The van der Waals surface area contributed by atoms with Crippen molar-refractivity contribution in [2.45, 2.75) is 37.6 Å². The molecule has 0 spiro atoms.